The largest absolute Gasteiger partial charge is 0.461 e. The van der Waals surface area contributed by atoms with Crippen LogP contribution in [0.3, 0.4) is 0 Å². The summed E-state index contributed by atoms with van der Waals surface area (Å²) in [6, 6.07) is 8.14. The van der Waals surface area contributed by atoms with Crippen LogP contribution in [0.25, 0.3) is 0 Å². The van der Waals surface area contributed by atoms with E-state index in [0.717, 1.165) is 5.56 Å². The van der Waals surface area contributed by atoms with Crippen LogP contribution in [0.1, 0.15) is 39.7 Å². The monoisotopic (exact) mass is 394 g/mol. The van der Waals surface area contributed by atoms with Crippen molar-refractivity contribution in [2.45, 2.75) is 58.8 Å². The Morgan fingerprint density at radius 3 is 2.14 bits per heavy atom. The topological polar surface area (TPSA) is 125 Å². The highest BCUT2D eigenvalue weighted by atomic mass is 16.5. The molecule has 0 aliphatic heterocycles. The Kier molecular flexibility index (Phi) is 9.61. The van der Waals surface area contributed by atoms with Crippen molar-refractivity contribution in [2.75, 3.05) is 0 Å². The summed E-state index contributed by atoms with van der Waals surface area (Å²) in [7, 11) is 0. The van der Waals surface area contributed by atoms with Crippen molar-refractivity contribution in [2.24, 2.45) is 11.8 Å². The van der Waals surface area contributed by atoms with Gasteiger partial charge in [-0.1, -0.05) is 44.2 Å². The van der Waals surface area contributed by atoms with Gasteiger partial charge in [-0.05, 0) is 31.7 Å². The van der Waals surface area contributed by atoms with Crippen molar-refractivity contribution in [3.8, 4) is 0 Å². The van der Waals surface area contributed by atoms with E-state index in [4.69, 9.17) is 9.94 Å². The molecule has 2 amide bonds. The average Bonchev–Trinajstić information content (AvgIpc) is 2.64. The van der Waals surface area contributed by atoms with Crippen LogP contribution in [0.5, 0.6) is 0 Å². The third kappa shape index (κ3) is 7.66. The standard InChI is InChI=1S/C20H30N2O6/c1-12(2)10-15(17(23)19(25)22-27)18(24)21-16(20(26)28-13(3)4)11-14-8-6-5-7-9-14/h5-9,12-13,15-17,23,27H,10-11H2,1-4H3,(H,21,24)(H,22,25)/t15-,16+,17+/m1/s1. The molecule has 4 N–H and O–H groups in total. The number of nitrogens with one attached hydrogen (secondary N) is 2. The normalized spacial score (nSPS) is 14.3. The van der Waals surface area contributed by atoms with Gasteiger partial charge in [-0.15, -0.1) is 0 Å². The Bertz CT molecular complexity index is 647. The zero-order chi connectivity index (χ0) is 21.3. The number of carbonyl (C=O) groups is 3. The summed E-state index contributed by atoms with van der Waals surface area (Å²) in [5.74, 6) is -3.47. The Morgan fingerprint density at radius 1 is 1.04 bits per heavy atom. The van der Waals surface area contributed by atoms with Gasteiger partial charge in [0.25, 0.3) is 5.91 Å². The second-order valence-electron chi connectivity index (χ2n) is 7.39. The van der Waals surface area contributed by atoms with Gasteiger partial charge in [-0.3, -0.25) is 14.8 Å². The van der Waals surface area contributed by atoms with Crippen LogP contribution in [0.2, 0.25) is 0 Å². The predicted octanol–water partition coefficient (Wildman–Crippen LogP) is 1.19. The maximum absolute atomic E-state index is 12.8. The number of hydrogen-bond donors (Lipinski definition) is 4. The minimum Gasteiger partial charge on any atom is -0.461 e. The second kappa shape index (κ2) is 11.4. The Balaban J connectivity index is 3.02. The van der Waals surface area contributed by atoms with Crippen LogP contribution in [0, 0.1) is 11.8 Å². The SMILES string of the molecule is CC(C)C[C@@H](C(=O)N[C@@H](Cc1ccccc1)C(=O)OC(C)C)[C@H](O)C(=O)NO. The van der Waals surface area contributed by atoms with Crippen molar-refractivity contribution in [1.82, 2.24) is 10.8 Å². The molecule has 0 fully saturated rings. The third-order valence-electron chi connectivity index (χ3n) is 4.06. The lowest BCUT2D eigenvalue weighted by atomic mass is 9.90. The molecule has 3 atom stereocenters. The molecule has 0 aromatic heterocycles. The van der Waals surface area contributed by atoms with Gasteiger partial charge in [-0.25, -0.2) is 10.3 Å². The first kappa shape index (κ1) is 23.6. The molecule has 1 aromatic rings. The van der Waals surface area contributed by atoms with E-state index in [1.54, 1.807) is 13.8 Å². The quantitative estimate of drug-likeness (QED) is 0.268. The van der Waals surface area contributed by atoms with Gasteiger partial charge < -0.3 is 15.2 Å². The lowest BCUT2D eigenvalue weighted by Crippen LogP contribution is -2.51. The summed E-state index contributed by atoms with van der Waals surface area (Å²) in [5, 5.41) is 21.5. The Hall–Kier alpha value is -2.45. The number of aliphatic hydroxyl groups is 1. The van der Waals surface area contributed by atoms with Gasteiger partial charge in [0, 0.05) is 6.42 Å². The number of rotatable bonds is 10. The lowest BCUT2D eigenvalue weighted by molar-refractivity contribution is -0.153. The molecular weight excluding hydrogens is 364 g/mol. The number of carbonyl (C=O) groups excluding carboxylic acids is 3. The van der Waals surface area contributed by atoms with Crippen molar-refractivity contribution < 1.29 is 29.4 Å². The zero-order valence-electron chi connectivity index (χ0n) is 16.7. The van der Waals surface area contributed by atoms with Crippen LogP contribution in [-0.4, -0.2) is 46.3 Å². The number of aliphatic hydroxyl groups excluding tert-OH is 1. The second-order valence-corrected chi connectivity index (χ2v) is 7.39. The number of hydrogen-bond acceptors (Lipinski definition) is 6. The van der Waals surface area contributed by atoms with E-state index >= 15 is 0 Å². The number of ether oxygens (including phenoxy) is 1. The highest BCUT2D eigenvalue weighted by Crippen LogP contribution is 2.18. The zero-order valence-corrected chi connectivity index (χ0v) is 16.7. The molecule has 156 valence electrons. The number of hydroxylamine groups is 1. The fraction of sp³-hybridized carbons (Fsp3) is 0.550. The summed E-state index contributed by atoms with van der Waals surface area (Å²) in [4.78, 5) is 36.9. The van der Waals surface area contributed by atoms with Gasteiger partial charge >= 0.3 is 5.97 Å². The van der Waals surface area contributed by atoms with Crippen molar-refractivity contribution >= 4 is 17.8 Å². The maximum atomic E-state index is 12.8. The van der Waals surface area contributed by atoms with E-state index in [1.807, 2.05) is 44.2 Å². The molecule has 0 saturated heterocycles. The number of amides is 2. The minimum atomic E-state index is -1.74. The lowest BCUT2D eigenvalue weighted by Gasteiger charge is -2.25. The summed E-state index contributed by atoms with van der Waals surface area (Å²) in [6.45, 7) is 7.07. The molecule has 0 aliphatic rings. The molecule has 8 nitrogen and oxygen atoms in total. The van der Waals surface area contributed by atoms with E-state index in [9.17, 15) is 19.5 Å². The summed E-state index contributed by atoms with van der Waals surface area (Å²) in [5.41, 5.74) is 2.18. The minimum absolute atomic E-state index is 0.00733. The van der Waals surface area contributed by atoms with Gasteiger partial charge in [0.2, 0.25) is 5.91 Å². The van der Waals surface area contributed by atoms with Crippen LogP contribution in [0.15, 0.2) is 30.3 Å². The van der Waals surface area contributed by atoms with E-state index in [2.05, 4.69) is 5.32 Å². The molecule has 0 spiro atoms. The third-order valence-corrected chi connectivity index (χ3v) is 4.06. The average molecular weight is 394 g/mol. The van der Waals surface area contributed by atoms with Crippen molar-refractivity contribution in [3.05, 3.63) is 35.9 Å². The Labute approximate surface area is 165 Å². The molecule has 0 aliphatic carbocycles. The first-order valence-corrected chi connectivity index (χ1v) is 9.32. The predicted molar refractivity (Wildman–Crippen MR) is 102 cm³/mol. The molecule has 0 heterocycles. The summed E-state index contributed by atoms with van der Waals surface area (Å²) in [6.07, 6.45) is -1.71. The molecule has 0 saturated carbocycles. The molecule has 28 heavy (non-hydrogen) atoms. The van der Waals surface area contributed by atoms with Crippen molar-refractivity contribution in [1.29, 1.82) is 0 Å². The number of esters is 1. The highest BCUT2D eigenvalue weighted by Gasteiger charge is 2.35. The molecule has 0 radical (unpaired) electrons. The number of benzene rings is 1. The fourth-order valence-electron chi connectivity index (χ4n) is 2.77. The fourth-order valence-corrected chi connectivity index (χ4v) is 2.77. The molecule has 0 unspecified atom stereocenters. The molecule has 1 aromatic carbocycles. The summed E-state index contributed by atoms with van der Waals surface area (Å²) < 4.78 is 5.24. The molecule has 0 bridgehead atoms. The van der Waals surface area contributed by atoms with E-state index < -0.39 is 35.8 Å². The maximum Gasteiger partial charge on any atom is 0.329 e. The van der Waals surface area contributed by atoms with Gasteiger partial charge in [-0.2, -0.15) is 0 Å². The molecule has 8 heteroatoms. The van der Waals surface area contributed by atoms with Crippen LogP contribution < -0.4 is 10.8 Å². The first-order chi connectivity index (χ1) is 13.1. The first-order valence-electron chi connectivity index (χ1n) is 9.32. The van der Waals surface area contributed by atoms with E-state index in [1.165, 1.54) is 5.48 Å². The van der Waals surface area contributed by atoms with Crippen LogP contribution in [0.4, 0.5) is 0 Å². The van der Waals surface area contributed by atoms with E-state index in [-0.39, 0.29) is 24.9 Å². The van der Waals surface area contributed by atoms with Crippen LogP contribution >= 0.6 is 0 Å². The van der Waals surface area contributed by atoms with E-state index in [0.29, 0.717) is 0 Å². The molecular formula is C20H30N2O6. The van der Waals surface area contributed by atoms with Crippen molar-refractivity contribution in [3.63, 3.8) is 0 Å². The van der Waals surface area contributed by atoms with Gasteiger partial charge in [0.05, 0.1) is 12.0 Å². The summed E-state index contributed by atoms with van der Waals surface area (Å²) >= 11 is 0. The highest BCUT2D eigenvalue weighted by molar-refractivity contribution is 5.91. The van der Waals surface area contributed by atoms with Crippen LogP contribution in [-0.2, 0) is 25.5 Å². The Morgan fingerprint density at radius 2 is 1.64 bits per heavy atom. The molecule has 1 rings (SSSR count). The van der Waals surface area contributed by atoms with Gasteiger partial charge in [0.1, 0.15) is 12.1 Å². The smallest absolute Gasteiger partial charge is 0.329 e. The van der Waals surface area contributed by atoms with Gasteiger partial charge in [0.15, 0.2) is 0 Å².